The van der Waals surface area contributed by atoms with Gasteiger partial charge < -0.3 is 4.74 Å². The van der Waals surface area contributed by atoms with Crippen molar-refractivity contribution >= 4 is 27.1 Å². The predicted molar refractivity (Wildman–Crippen MR) is 86.3 cm³/mol. The third-order valence-electron chi connectivity index (χ3n) is 3.18. The van der Waals surface area contributed by atoms with Gasteiger partial charge in [0.25, 0.3) is 0 Å². The zero-order valence-corrected chi connectivity index (χ0v) is 12.3. The number of para-hydroxylation sites is 1. The number of rotatable bonds is 2. The van der Waals surface area contributed by atoms with E-state index in [-0.39, 0.29) is 0 Å². The first-order chi connectivity index (χ1) is 10.3. The lowest BCUT2D eigenvalue weighted by Gasteiger charge is -2.04. The minimum absolute atomic E-state index is 0.670. The van der Waals surface area contributed by atoms with Crippen LogP contribution in [0.3, 0.4) is 0 Å². The summed E-state index contributed by atoms with van der Waals surface area (Å²) in [6, 6.07) is 15.4. The topological polar surface area (TPSA) is 38.7 Å². The van der Waals surface area contributed by atoms with Crippen molar-refractivity contribution in [2.24, 2.45) is 4.99 Å². The van der Waals surface area contributed by atoms with Gasteiger partial charge in [0.2, 0.25) is 0 Å². The van der Waals surface area contributed by atoms with Gasteiger partial charge in [-0.1, -0.05) is 12.1 Å². The van der Waals surface area contributed by atoms with Gasteiger partial charge in [-0.15, -0.1) is 0 Å². The van der Waals surface area contributed by atoms with Crippen LogP contribution in [0.5, 0.6) is 5.75 Å². The standard InChI is InChI=1S/C17H13NO2S/c1-20-14-8-6-13(7-9-14)15-10-11-21(12-19)17-5-3-2-4-16(17)18-15/h2-11H,1H3. The molecule has 1 unspecified atom stereocenters. The first kappa shape index (κ1) is 13.6. The van der Waals surface area contributed by atoms with Gasteiger partial charge in [-0.2, -0.15) is 0 Å². The number of benzene rings is 2. The largest absolute Gasteiger partial charge is 0.497 e. The number of carbonyl (C=O) groups excluding carboxylic acids is 1. The minimum atomic E-state index is -0.670. The average molecular weight is 295 g/mol. The van der Waals surface area contributed by atoms with Crippen molar-refractivity contribution in [1.29, 1.82) is 0 Å². The fraction of sp³-hybridized carbons (Fsp3) is 0.0588. The summed E-state index contributed by atoms with van der Waals surface area (Å²) in [7, 11) is 0.969. The number of allylic oxidation sites excluding steroid dienone is 1. The van der Waals surface area contributed by atoms with Crippen LogP contribution in [0, 0.1) is 0 Å². The van der Waals surface area contributed by atoms with Crippen molar-refractivity contribution in [3.05, 3.63) is 65.6 Å². The molecule has 3 rings (SSSR count). The second kappa shape index (κ2) is 5.92. The summed E-state index contributed by atoms with van der Waals surface area (Å²) < 4.78 is 5.16. The first-order valence-electron chi connectivity index (χ1n) is 6.43. The monoisotopic (exact) mass is 295 g/mol. The van der Waals surface area contributed by atoms with Crippen LogP contribution in [0.1, 0.15) is 5.56 Å². The minimum Gasteiger partial charge on any atom is -0.497 e. The van der Waals surface area contributed by atoms with E-state index in [4.69, 9.17) is 4.74 Å². The molecule has 104 valence electrons. The van der Waals surface area contributed by atoms with E-state index in [0.717, 1.165) is 27.6 Å². The molecule has 0 radical (unpaired) electrons. The number of aliphatic imine (C=N–C) groups is 1. The maximum Gasteiger partial charge on any atom is 0.164 e. The molecular formula is C17H13NO2S. The molecule has 1 aliphatic heterocycles. The van der Waals surface area contributed by atoms with Crippen molar-refractivity contribution in [1.82, 2.24) is 0 Å². The Morgan fingerprint density at radius 2 is 1.86 bits per heavy atom. The van der Waals surface area contributed by atoms with Crippen molar-refractivity contribution in [3.8, 4) is 5.75 Å². The van der Waals surface area contributed by atoms with Gasteiger partial charge in [0, 0.05) is 10.5 Å². The van der Waals surface area contributed by atoms with Crippen LogP contribution in [0.25, 0.3) is 0 Å². The molecule has 2 aromatic rings. The molecule has 0 N–H and O–H groups in total. The summed E-state index contributed by atoms with van der Waals surface area (Å²) in [5.74, 6) is 0.804. The Morgan fingerprint density at radius 3 is 2.57 bits per heavy atom. The van der Waals surface area contributed by atoms with Crippen molar-refractivity contribution in [3.63, 3.8) is 0 Å². The van der Waals surface area contributed by atoms with E-state index in [1.54, 1.807) is 7.11 Å². The van der Waals surface area contributed by atoms with Crippen LogP contribution in [0.15, 0.2) is 69.9 Å². The lowest BCUT2D eigenvalue weighted by Crippen LogP contribution is -1.95. The van der Waals surface area contributed by atoms with Crippen LogP contribution < -0.4 is 4.74 Å². The zero-order valence-electron chi connectivity index (χ0n) is 11.4. The van der Waals surface area contributed by atoms with Crippen LogP contribution in [-0.2, 0) is 4.79 Å². The molecule has 0 amide bonds. The van der Waals surface area contributed by atoms with E-state index in [9.17, 15) is 4.79 Å². The number of hydrogen-bond donors (Lipinski definition) is 0. The Morgan fingerprint density at radius 1 is 1.10 bits per heavy atom. The molecule has 0 saturated heterocycles. The quantitative estimate of drug-likeness (QED) is 0.784. The van der Waals surface area contributed by atoms with Gasteiger partial charge in [0.1, 0.15) is 5.75 Å². The molecule has 2 aromatic carbocycles. The molecule has 0 fully saturated rings. The Hall–Kier alpha value is -2.42. The van der Waals surface area contributed by atoms with Crippen LogP contribution in [-0.4, -0.2) is 18.1 Å². The SMILES string of the molecule is COc1ccc(C2=Nc3ccccc3S(=C=O)C=C2)cc1. The smallest absolute Gasteiger partial charge is 0.164 e. The maximum atomic E-state index is 11.2. The van der Waals surface area contributed by atoms with E-state index >= 15 is 0 Å². The highest BCUT2D eigenvalue weighted by Gasteiger charge is 2.10. The summed E-state index contributed by atoms with van der Waals surface area (Å²) in [5.41, 5.74) is 2.63. The molecule has 0 spiro atoms. The van der Waals surface area contributed by atoms with E-state index < -0.39 is 10.5 Å². The zero-order chi connectivity index (χ0) is 14.7. The van der Waals surface area contributed by atoms with Gasteiger partial charge in [-0.05, 0) is 58.4 Å². The Kier molecular flexibility index (Phi) is 3.82. The number of ether oxygens (including phenoxy) is 1. The molecule has 1 heterocycles. The molecule has 3 nitrogen and oxygen atoms in total. The van der Waals surface area contributed by atoms with E-state index in [0.29, 0.717) is 0 Å². The highest BCUT2D eigenvalue weighted by atomic mass is 32.2. The van der Waals surface area contributed by atoms with Gasteiger partial charge >= 0.3 is 0 Å². The van der Waals surface area contributed by atoms with Gasteiger partial charge in [0.15, 0.2) is 5.23 Å². The lowest BCUT2D eigenvalue weighted by atomic mass is 10.1. The first-order valence-corrected chi connectivity index (χ1v) is 7.72. The maximum absolute atomic E-state index is 11.2. The van der Waals surface area contributed by atoms with Crippen LogP contribution in [0.2, 0.25) is 0 Å². The number of fused-ring (bicyclic) bond motifs is 1. The van der Waals surface area contributed by atoms with E-state index in [1.165, 1.54) is 0 Å². The summed E-state index contributed by atoms with van der Waals surface area (Å²) in [4.78, 5) is 16.8. The van der Waals surface area contributed by atoms with Crippen LogP contribution in [0.4, 0.5) is 5.69 Å². The van der Waals surface area contributed by atoms with Crippen LogP contribution >= 0.6 is 10.5 Å². The second-order valence-corrected chi connectivity index (χ2v) is 5.97. The third kappa shape index (κ3) is 2.72. The average Bonchev–Trinajstić information content (AvgIpc) is 2.74. The summed E-state index contributed by atoms with van der Waals surface area (Å²) in [6.45, 7) is 0. The Bertz CT molecular complexity index is 785. The fourth-order valence-electron chi connectivity index (χ4n) is 2.10. The second-order valence-electron chi connectivity index (χ2n) is 4.42. The Balaban J connectivity index is 2.11. The Labute approximate surface area is 125 Å². The molecule has 4 heteroatoms. The van der Waals surface area contributed by atoms with E-state index in [2.05, 4.69) is 10.2 Å². The van der Waals surface area contributed by atoms with E-state index in [1.807, 2.05) is 60.0 Å². The molecule has 1 aliphatic rings. The number of hydrogen-bond acceptors (Lipinski definition) is 3. The lowest BCUT2D eigenvalue weighted by molar-refractivity contribution is 0.415. The number of nitrogens with zero attached hydrogens (tertiary/aromatic N) is 1. The number of methoxy groups -OCH3 is 1. The fourth-order valence-corrected chi connectivity index (χ4v) is 3.22. The summed E-state index contributed by atoms with van der Waals surface area (Å²) >= 11 is 0. The van der Waals surface area contributed by atoms with Gasteiger partial charge in [0.05, 0.1) is 18.5 Å². The van der Waals surface area contributed by atoms with Crippen molar-refractivity contribution in [2.45, 2.75) is 4.90 Å². The molecular weight excluding hydrogens is 282 g/mol. The molecule has 0 aromatic heterocycles. The van der Waals surface area contributed by atoms with Gasteiger partial charge in [-0.3, -0.25) is 0 Å². The van der Waals surface area contributed by atoms with Crippen molar-refractivity contribution < 1.29 is 9.53 Å². The molecule has 0 aliphatic carbocycles. The summed E-state index contributed by atoms with van der Waals surface area (Å²) in [6.07, 6.45) is 1.88. The predicted octanol–water partition coefficient (Wildman–Crippen LogP) is 4.04. The van der Waals surface area contributed by atoms with Gasteiger partial charge in [-0.25, -0.2) is 9.79 Å². The normalized spacial score (nSPS) is 16.4. The highest BCUT2D eigenvalue weighted by Crippen LogP contribution is 2.37. The molecule has 0 bridgehead atoms. The third-order valence-corrected chi connectivity index (χ3v) is 4.59. The molecule has 1 atom stereocenters. The molecule has 0 saturated carbocycles. The summed E-state index contributed by atoms with van der Waals surface area (Å²) in [5, 5.41) is 3.95. The van der Waals surface area contributed by atoms with Crippen molar-refractivity contribution in [2.75, 3.05) is 7.11 Å². The molecule has 21 heavy (non-hydrogen) atoms. The highest BCUT2D eigenvalue weighted by molar-refractivity contribution is 8.17.